The van der Waals surface area contributed by atoms with Crippen molar-refractivity contribution in [3.63, 3.8) is 0 Å². The van der Waals surface area contributed by atoms with Gasteiger partial charge in [-0.25, -0.2) is 15.0 Å². The second-order valence-electron chi connectivity index (χ2n) is 8.08. The van der Waals surface area contributed by atoms with Crippen LogP contribution in [-0.2, 0) is 0 Å². The van der Waals surface area contributed by atoms with Gasteiger partial charge >= 0.3 is 0 Å². The first kappa shape index (κ1) is 19.4. The van der Waals surface area contributed by atoms with E-state index in [0.717, 1.165) is 37.3 Å². The van der Waals surface area contributed by atoms with Crippen molar-refractivity contribution in [2.45, 2.75) is 18.9 Å². The lowest BCUT2D eigenvalue weighted by atomic mass is 10.0. The number of piperidine rings is 1. The van der Waals surface area contributed by atoms with Crippen LogP contribution >= 0.6 is 0 Å². The topological polar surface area (TPSA) is 71.6 Å². The summed E-state index contributed by atoms with van der Waals surface area (Å²) in [4.78, 5) is 31.2. The Morgan fingerprint density at radius 1 is 1.06 bits per heavy atom. The Balaban J connectivity index is 1.48. The molecule has 0 aromatic carbocycles. The van der Waals surface area contributed by atoms with Gasteiger partial charge in [-0.05, 0) is 51.2 Å². The van der Waals surface area contributed by atoms with Crippen LogP contribution in [0.1, 0.15) is 23.3 Å². The molecule has 0 saturated carbocycles. The number of likely N-dealkylation sites (tertiary alicyclic amines) is 1. The van der Waals surface area contributed by atoms with Crippen LogP contribution in [0, 0.1) is 0 Å². The van der Waals surface area contributed by atoms with Crippen molar-refractivity contribution in [1.82, 2.24) is 33.7 Å². The van der Waals surface area contributed by atoms with Crippen molar-refractivity contribution in [2.75, 3.05) is 27.2 Å². The minimum absolute atomic E-state index is 0.0173. The van der Waals surface area contributed by atoms with Gasteiger partial charge in [0.2, 0.25) is 0 Å². The summed E-state index contributed by atoms with van der Waals surface area (Å²) in [5.74, 6) is 1.41. The lowest BCUT2D eigenvalue weighted by Gasteiger charge is -2.34. The van der Waals surface area contributed by atoms with Gasteiger partial charge in [0.05, 0.1) is 5.52 Å². The number of pyridine rings is 2. The molecule has 1 aliphatic heterocycles. The summed E-state index contributed by atoms with van der Waals surface area (Å²) in [6.07, 6.45) is 9.23. The van der Waals surface area contributed by atoms with E-state index in [1.54, 1.807) is 12.5 Å². The van der Waals surface area contributed by atoms with Gasteiger partial charge in [-0.1, -0.05) is 12.1 Å². The van der Waals surface area contributed by atoms with E-state index in [4.69, 9.17) is 4.98 Å². The Morgan fingerprint density at radius 2 is 1.87 bits per heavy atom. The van der Waals surface area contributed by atoms with E-state index >= 15 is 0 Å². The van der Waals surface area contributed by atoms with Crippen LogP contribution in [0.5, 0.6) is 0 Å². The first-order valence-corrected chi connectivity index (χ1v) is 10.5. The highest BCUT2D eigenvalue weighted by molar-refractivity contribution is 6.00. The summed E-state index contributed by atoms with van der Waals surface area (Å²) < 4.78 is 3.79. The molecule has 0 aliphatic carbocycles. The number of fused-ring (bicyclic) bond motifs is 1. The molecule has 8 heteroatoms. The summed E-state index contributed by atoms with van der Waals surface area (Å²) in [5.41, 5.74) is 1.97. The van der Waals surface area contributed by atoms with Crippen LogP contribution < -0.4 is 0 Å². The Morgan fingerprint density at radius 3 is 2.61 bits per heavy atom. The molecule has 8 nitrogen and oxygen atoms in total. The normalized spacial score (nSPS) is 15.1. The fourth-order valence-corrected chi connectivity index (χ4v) is 4.18. The predicted octanol–water partition coefficient (Wildman–Crippen LogP) is 2.75. The third-order valence-corrected chi connectivity index (χ3v) is 5.96. The maximum Gasteiger partial charge on any atom is 0.274 e. The largest absolute Gasteiger partial charge is 0.337 e. The summed E-state index contributed by atoms with van der Waals surface area (Å²) in [7, 11) is 4.20. The van der Waals surface area contributed by atoms with E-state index < -0.39 is 0 Å². The van der Waals surface area contributed by atoms with Gasteiger partial charge in [0.1, 0.15) is 17.8 Å². The maximum atomic E-state index is 13.4. The van der Waals surface area contributed by atoms with Gasteiger partial charge in [0, 0.05) is 37.7 Å². The highest BCUT2D eigenvalue weighted by Gasteiger charge is 2.28. The van der Waals surface area contributed by atoms with Crippen LogP contribution in [0.2, 0.25) is 0 Å². The van der Waals surface area contributed by atoms with Gasteiger partial charge in [-0.3, -0.25) is 13.8 Å². The lowest BCUT2D eigenvalue weighted by molar-refractivity contribution is 0.0660. The second kappa shape index (κ2) is 7.96. The van der Waals surface area contributed by atoms with E-state index in [-0.39, 0.29) is 5.91 Å². The quantitative estimate of drug-likeness (QED) is 0.513. The second-order valence-corrected chi connectivity index (χ2v) is 8.08. The zero-order valence-electron chi connectivity index (χ0n) is 17.7. The Hall–Kier alpha value is -3.52. The minimum atomic E-state index is -0.0173. The van der Waals surface area contributed by atoms with E-state index in [1.807, 2.05) is 62.7 Å². The van der Waals surface area contributed by atoms with Crippen LogP contribution in [0.3, 0.4) is 0 Å². The summed E-state index contributed by atoms with van der Waals surface area (Å²) in [5, 5.41) is 0. The molecule has 5 heterocycles. The fourth-order valence-electron chi connectivity index (χ4n) is 4.18. The van der Waals surface area contributed by atoms with Crippen molar-refractivity contribution in [3.05, 3.63) is 67.0 Å². The van der Waals surface area contributed by atoms with Gasteiger partial charge in [-0.15, -0.1) is 0 Å². The molecule has 5 rings (SSSR count). The number of carbonyl (C=O) groups excluding carboxylic acids is 1. The number of carbonyl (C=O) groups is 1. The van der Waals surface area contributed by atoms with Crippen molar-refractivity contribution in [1.29, 1.82) is 0 Å². The van der Waals surface area contributed by atoms with Gasteiger partial charge in [0.25, 0.3) is 5.91 Å². The third-order valence-electron chi connectivity index (χ3n) is 5.96. The Kier molecular flexibility index (Phi) is 4.99. The summed E-state index contributed by atoms with van der Waals surface area (Å²) >= 11 is 0. The van der Waals surface area contributed by atoms with Crippen LogP contribution in [-0.4, -0.2) is 72.9 Å². The molecule has 0 N–H and O–H groups in total. The van der Waals surface area contributed by atoms with Gasteiger partial charge < -0.3 is 9.80 Å². The molecule has 4 aromatic rings. The fraction of sp³-hybridized carbons (Fsp3) is 0.304. The molecule has 0 atom stereocenters. The lowest BCUT2D eigenvalue weighted by Crippen LogP contribution is -2.44. The molecule has 1 saturated heterocycles. The van der Waals surface area contributed by atoms with Crippen molar-refractivity contribution in [3.8, 4) is 17.3 Å². The van der Waals surface area contributed by atoms with E-state index in [2.05, 4.69) is 29.0 Å². The van der Waals surface area contributed by atoms with Gasteiger partial charge in [-0.2, -0.15) is 0 Å². The molecule has 0 spiro atoms. The molecule has 1 amide bonds. The number of hydrogen-bond acceptors (Lipinski definition) is 5. The highest BCUT2D eigenvalue weighted by Crippen LogP contribution is 2.24. The standard InChI is InChI=1S/C23H25N7O/c1-27(2)17-9-13-28(14-10-17)23(31)21-19-7-4-6-12-30(19)22(26-21)18-15-29(16-25-18)20-8-3-5-11-24-20/h3-8,11-12,15-17H,9-10,13-14H2,1-2H3. The number of rotatable bonds is 4. The first-order valence-electron chi connectivity index (χ1n) is 10.5. The SMILES string of the molecule is CN(C)C1CCN(C(=O)c2nc(-c3cn(-c4ccccn4)cn3)n3ccccc23)CC1. The smallest absolute Gasteiger partial charge is 0.274 e. The summed E-state index contributed by atoms with van der Waals surface area (Å²) in [6.45, 7) is 1.49. The zero-order chi connectivity index (χ0) is 21.4. The van der Waals surface area contributed by atoms with E-state index in [1.165, 1.54) is 0 Å². The predicted molar refractivity (Wildman–Crippen MR) is 118 cm³/mol. The molecule has 0 unspecified atom stereocenters. The molecule has 1 fully saturated rings. The molecule has 0 bridgehead atoms. The molecular weight excluding hydrogens is 390 g/mol. The molecule has 31 heavy (non-hydrogen) atoms. The molecular formula is C23H25N7O. The van der Waals surface area contributed by atoms with E-state index in [9.17, 15) is 4.79 Å². The molecule has 4 aromatic heterocycles. The molecule has 158 valence electrons. The van der Waals surface area contributed by atoms with Crippen LogP contribution in [0.25, 0.3) is 22.9 Å². The molecule has 1 aliphatic rings. The average Bonchev–Trinajstić information content (AvgIpc) is 3.44. The van der Waals surface area contributed by atoms with Crippen molar-refractivity contribution >= 4 is 11.4 Å². The Labute approximate surface area is 180 Å². The van der Waals surface area contributed by atoms with Gasteiger partial charge in [0.15, 0.2) is 11.5 Å². The maximum absolute atomic E-state index is 13.4. The van der Waals surface area contributed by atoms with Crippen LogP contribution in [0.15, 0.2) is 61.3 Å². The molecule has 0 radical (unpaired) electrons. The number of aromatic nitrogens is 5. The zero-order valence-corrected chi connectivity index (χ0v) is 17.7. The van der Waals surface area contributed by atoms with Crippen molar-refractivity contribution in [2.24, 2.45) is 0 Å². The minimum Gasteiger partial charge on any atom is -0.337 e. The van der Waals surface area contributed by atoms with Crippen molar-refractivity contribution < 1.29 is 4.79 Å². The number of nitrogens with zero attached hydrogens (tertiary/aromatic N) is 7. The van der Waals surface area contributed by atoms with Crippen LogP contribution in [0.4, 0.5) is 0 Å². The first-order chi connectivity index (χ1) is 15.1. The summed E-state index contributed by atoms with van der Waals surface area (Å²) in [6, 6.07) is 12.1. The monoisotopic (exact) mass is 415 g/mol. The third kappa shape index (κ3) is 3.59. The van der Waals surface area contributed by atoms with E-state index in [0.29, 0.717) is 23.3 Å². The Bertz CT molecular complexity index is 1200. The highest BCUT2D eigenvalue weighted by atomic mass is 16.2. The average molecular weight is 416 g/mol. The number of amides is 1. The number of imidazole rings is 2. The number of hydrogen-bond donors (Lipinski definition) is 0.